The van der Waals surface area contributed by atoms with Gasteiger partial charge in [-0.1, -0.05) is 12.1 Å². The van der Waals surface area contributed by atoms with Gasteiger partial charge in [0.15, 0.2) is 0 Å². The van der Waals surface area contributed by atoms with Gasteiger partial charge in [-0.3, -0.25) is 9.36 Å². The first kappa shape index (κ1) is 16.5. The SMILES string of the molecule is O=C(c1ccc(-n2cnc3ccccc32)cc1)N1CC[C@@H]2OCCC[C@H]2C1. The van der Waals surface area contributed by atoms with Gasteiger partial charge in [0.05, 0.1) is 17.1 Å². The van der Waals surface area contributed by atoms with Crippen LogP contribution in [0, 0.1) is 5.92 Å². The van der Waals surface area contributed by atoms with E-state index in [1.807, 2.05) is 53.7 Å². The molecule has 3 heterocycles. The molecule has 2 fully saturated rings. The predicted molar refractivity (Wildman–Crippen MR) is 104 cm³/mol. The number of ether oxygens (including phenoxy) is 1. The van der Waals surface area contributed by atoms with Crippen molar-refractivity contribution in [3.05, 3.63) is 60.4 Å². The lowest BCUT2D eigenvalue weighted by Crippen LogP contribution is -2.48. The Bertz CT molecular complexity index is 963. The van der Waals surface area contributed by atoms with Crippen molar-refractivity contribution in [3.63, 3.8) is 0 Å². The molecule has 0 unspecified atom stereocenters. The first-order valence-electron chi connectivity index (χ1n) is 9.73. The normalized spacial score (nSPS) is 22.6. The average Bonchev–Trinajstić information content (AvgIpc) is 3.17. The highest BCUT2D eigenvalue weighted by atomic mass is 16.5. The van der Waals surface area contributed by atoms with E-state index >= 15 is 0 Å². The molecule has 2 aromatic carbocycles. The molecule has 5 nitrogen and oxygen atoms in total. The van der Waals surface area contributed by atoms with E-state index in [0.717, 1.165) is 54.8 Å². The summed E-state index contributed by atoms with van der Waals surface area (Å²) in [5.41, 5.74) is 3.80. The highest BCUT2D eigenvalue weighted by Gasteiger charge is 2.34. The number of hydrogen-bond acceptors (Lipinski definition) is 3. The van der Waals surface area contributed by atoms with Crippen molar-refractivity contribution in [2.45, 2.75) is 25.4 Å². The maximum atomic E-state index is 13.0. The highest BCUT2D eigenvalue weighted by molar-refractivity contribution is 5.94. The van der Waals surface area contributed by atoms with Gasteiger partial charge in [0.1, 0.15) is 6.33 Å². The molecule has 0 bridgehead atoms. The predicted octanol–water partition coefficient (Wildman–Crippen LogP) is 3.67. The summed E-state index contributed by atoms with van der Waals surface area (Å²) in [6.45, 7) is 2.48. The topological polar surface area (TPSA) is 47.4 Å². The first-order chi connectivity index (χ1) is 13.3. The average molecular weight is 361 g/mol. The molecular formula is C22H23N3O2. The van der Waals surface area contributed by atoms with Gasteiger partial charge >= 0.3 is 0 Å². The quantitative estimate of drug-likeness (QED) is 0.700. The molecule has 5 heteroatoms. The fourth-order valence-corrected chi connectivity index (χ4v) is 4.38. The first-order valence-corrected chi connectivity index (χ1v) is 9.73. The van der Waals surface area contributed by atoms with Gasteiger partial charge in [-0.15, -0.1) is 0 Å². The Kier molecular flexibility index (Phi) is 4.17. The van der Waals surface area contributed by atoms with E-state index in [2.05, 4.69) is 15.6 Å². The van der Waals surface area contributed by atoms with Crippen LogP contribution in [0.25, 0.3) is 16.7 Å². The summed E-state index contributed by atoms with van der Waals surface area (Å²) in [7, 11) is 0. The Morgan fingerprint density at radius 2 is 1.93 bits per heavy atom. The molecule has 0 aliphatic carbocycles. The zero-order chi connectivity index (χ0) is 18.2. The van der Waals surface area contributed by atoms with Gasteiger partial charge in [0, 0.05) is 36.9 Å². The van der Waals surface area contributed by atoms with Crippen LogP contribution in [0.4, 0.5) is 0 Å². The molecule has 3 aromatic rings. The number of benzene rings is 2. The lowest BCUT2D eigenvalue weighted by atomic mass is 9.88. The van der Waals surface area contributed by atoms with Crippen LogP contribution >= 0.6 is 0 Å². The Morgan fingerprint density at radius 1 is 1.07 bits per heavy atom. The maximum absolute atomic E-state index is 13.0. The van der Waals surface area contributed by atoms with Crippen molar-refractivity contribution < 1.29 is 9.53 Å². The van der Waals surface area contributed by atoms with Crippen molar-refractivity contribution in [1.29, 1.82) is 0 Å². The van der Waals surface area contributed by atoms with Gasteiger partial charge in [-0.2, -0.15) is 0 Å². The minimum atomic E-state index is 0.126. The Morgan fingerprint density at radius 3 is 2.81 bits per heavy atom. The molecule has 1 aromatic heterocycles. The third-order valence-corrected chi connectivity index (χ3v) is 5.85. The second-order valence-electron chi connectivity index (χ2n) is 7.50. The van der Waals surface area contributed by atoms with Gasteiger partial charge in [0.25, 0.3) is 5.91 Å². The summed E-state index contributed by atoms with van der Waals surface area (Å²) in [4.78, 5) is 19.4. The number of nitrogens with zero attached hydrogens (tertiary/aromatic N) is 3. The monoisotopic (exact) mass is 361 g/mol. The Balaban J connectivity index is 1.35. The summed E-state index contributed by atoms with van der Waals surface area (Å²) < 4.78 is 7.91. The lowest BCUT2D eigenvalue weighted by molar-refractivity contribution is -0.0606. The van der Waals surface area contributed by atoms with Crippen LogP contribution in [0.1, 0.15) is 29.6 Å². The molecule has 0 spiro atoms. The molecular weight excluding hydrogens is 338 g/mol. The summed E-state index contributed by atoms with van der Waals surface area (Å²) in [6.07, 6.45) is 5.41. The van der Waals surface area contributed by atoms with Gasteiger partial charge < -0.3 is 9.64 Å². The number of carbonyl (C=O) groups excluding carboxylic acids is 1. The van der Waals surface area contributed by atoms with Crippen molar-refractivity contribution >= 4 is 16.9 Å². The van der Waals surface area contributed by atoms with Crippen LogP contribution in [0.3, 0.4) is 0 Å². The van der Waals surface area contributed by atoms with Crippen LogP contribution in [0.15, 0.2) is 54.9 Å². The minimum absolute atomic E-state index is 0.126. The molecule has 138 valence electrons. The number of amides is 1. The zero-order valence-electron chi connectivity index (χ0n) is 15.3. The van der Waals surface area contributed by atoms with E-state index in [9.17, 15) is 4.79 Å². The second-order valence-corrected chi connectivity index (χ2v) is 7.50. The van der Waals surface area contributed by atoms with Crippen LogP contribution in [0.5, 0.6) is 0 Å². The molecule has 2 aliphatic rings. The largest absolute Gasteiger partial charge is 0.378 e. The standard InChI is InChI=1S/C22H23N3O2/c26-22(24-12-11-21-17(14-24)4-3-13-27-21)16-7-9-18(10-8-16)25-15-23-19-5-1-2-6-20(19)25/h1-2,5-10,15,17,21H,3-4,11-14H2/t17-,21-/m0/s1. The molecule has 2 saturated heterocycles. The van der Waals surface area contributed by atoms with E-state index in [1.165, 1.54) is 6.42 Å². The molecule has 5 rings (SSSR count). The van der Waals surface area contributed by atoms with Gasteiger partial charge in [-0.25, -0.2) is 4.98 Å². The molecule has 2 aliphatic heterocycles. The van der Waals surface area contributed by atoms with E-state index in [1.54, 1.807) is 0 Å². The highest BCUT2D eigenvalue weighted by Crippen LogP contribution is 2.29. The molecule has 27 heavy (non-hydrogen) atoms. The lowest BCUT2D eigenvalue weighted by Gasteiger charge is -2.41. The molecule has 2 atom stereocenters. The van der Waals surface area contributed by atoms with Crippen LogP contribution in [0.2, 0.25) is 0 Å². The van der Waals surface area contributed by atoms with E-state index in [0.29, 0.717) is 12.0 Å². The second kappa shape index (κ2) is 6.82. The maximum Gasteiger partial charge on any atom is 0.253 e. The Labute approximate surface area is 158 Å². The number of piperidine rings is 1. The number of para-hydroxylation sites is 2. The number of imidazole rings is 1. The molecule has 1 amide bonds. The molecule has 0 saturated carbocycles. The summed E-state index contributed by atoms with van der Waals surface area (Å²) in [5.74, 6) is 0.620. The van der Waals surface area contributed by atoms with Crippen molar-refractivity contribution in [3.8, 4) is 5.69 Å². The van der Waals surface area contributed by atoms with Crippen molar-refractivity contribution in [1.82, 2.24) is 14.5 Å². The smallest absolute Gasteiger partial charge is 0.253 e. The van der Waals surface area contributed by atoms with Crippen LogP contribution in [-0.4, -0.2) is 46.2 Å². The zero-order valence-corrected chi connectivity index (χ0v) is 15.3. The van der Waals surface area contributed by atoms with Crippen molar-refractivity contribution in [2.75, 3.05) is 19.7 Å². The van der Waals surface area contributed by atoms with E-state index in [4.69, 9.17) is 4.74 Å². The third-order valence-electron chi connectivity index (χ3n) is 5.85. The number of aromatic nitrogens is 2. The fourth-order valence-electron chi connectivity index (χ4n) is 4.38. The number of likely N-dealkylation sites (tertiary alicyclic amines) is 1. The molecule has 0 radical (unpaired) electrons. The molecule has 0 N–H and O–H groups in total. The number of hydrogen-bond donors (Lipinski definition) is 0. The van der Waals surface area contributed by atoms with Crippen molar-refractivity contribution in [2.24, 2.45) is 5.92 Å². The summed E-state index contributed by atoms with van der Waals surface area (Å²) in [5, 5.41) is 0. The minimum Gasteiger partial charge on any atom is -0.378 e. The van der Waals surface area contributed by atoms with E-state index < -0.39 is 0 Å². The number of carbonyl (C=O) groups is 1. The van der Waals surface area contributed by atoms with Gasteiger partial charge in [0.2, 0.25) is 0 Å². The summed E-state index contributed by atoms with van der Waals surface area (Å²) >= 11 is 0. The van der Waals surface area contributed by atoms with Crippen LogP contribution < -0.4 is 0 Å². The van der Waals surface area contributed by atoms with Gasteiger partial charge in [-0.05, 0) is 55.7 Å². The number of fused-ring (bicyclic) bond motifs is 2. The Hall–Kier alpha value is -2.66. The number of rotatable bonds is 2. The van der Waals surface area contributed by atoms with E-state index in [-0.39, 0.29) is 5.91 Å². The third kappa shape index (κ3) is 3.02. The summed E-state index contributed by atoms with van der Waals surface area (Å²) in [6, 6.07) is 15.9. The fraction of sp³-hybridized carbons (Fsp3) is 0.364. The van der Waals surface area contributed by atoms with Crippen LogP contribution in [-0.2, 0) is 4.74 Å².